The molecule has 0 spiro atoms. The van der Waals surface area contributed by atoms with Crippen molar-refractivity contribution in [3.05, 3.63) is 164 Å². The molecule has 220 valence electrons. The van der Waals surface area contributed by atoms with E-state index in [-0.39, 0.29) is 0 Å². The Morgan fingerprint density at radius 2 is 0.915 bits per heavy atom. The first-order chi connectivity index (χ1) is 23.3. The summed E-state index contributed by atoms with van der Waals surface area (Å²) in [7, 11) is 0. The summed E-state index contributed by atoms with van der Waals surface area (Å²) in [4.78, 5) is 2.28. The van der Waals surface area contributed by atoms with E-state index in [0.29, 0.717) is 0 Å². The number of benzene rings is 8. The minimum atomic E-state index is 0.879. The molecule has 0 amide bonds. The number of hydrogen-bond acceptors (Lipinski definition) is 3. The van der Waals surface area contributed by atoms with Crippen LogP contribution in [0.25, 0.3) is 76.5 Å². The van der Waals surface area contributed by atoms with Crippen LogP contribution in [-0.4, -0.2) is 0 Å². The summed E-state index contributed by atoms with van der Waals surface area (Å²) in [5.41, 5.74) is 9.17. The topological polar surface area (TPSA) is 29.5 Å². The van der Waals surface area contributed by atoms with Crippen LogP contribution in [0.4, 0.5) is 17.1 Å². The Balaban J connectivity index is 1.10. The van der Waals surface area contributed by atoms with Gasteiger partial charge in [-0.15, -0.1) is 0 Å². The highest BCUT2D eigenvalue weighted by Gasteiger charge is 2.17. The molecule has 10 rings (SSSR count). The molecule has 0 bridgehead atoms. The second-order valence-corrected chi connectivity index (χ2v) is 12.1. The third-order valence-electron chi connectivity index (χ3n) is 9.43. The minimum absolute atomic E-state index is 0.879. The smallest absolute Gasteiger partial charge is 0.137 e. The SMILES string of the molecule is c1ccc(N(c2ccc(-c3ccc4ccc5ccc6oc7ccccc7c6c5c4c3)cc2)c2ccc3c(c2)oc2ccccc23)cc1. The van der Waals surface area contributed by atoms with E-state index in [1.165, 1.54) is 32.5 Å². The van der Waals surface area contributed by atoms with E-state index >= 15 is 0 Å². The van der Waals surface area contributed by atoms with E-state index < -0.39 is 0 Å². The van der Waals surface area contributed by atoms with Crippen LogP contribution in [0.15, 0.2) is 173 Å². The Kier molecular flexibility index (Phi) is 5.57. The van der Waals surface area contributed by atoms with Crippen LogP contribution >= 0.6 is 0 Å². The van der Waals surface area contributed by atoms with Gasteiger partial charge in [0.1, 0.15) is 22.3 Å². The summed E-state index contributed by atoms with van der Waals surface area (Å²) < 4.78 is 12.5. The summed E-state index contributed by atoms with van der Waals surface area (Å²) in [6.45, 7) is 0. The molecule has 0 N–H and O–H groups in total. The molecule has 2 heterocycles. The second kappa shape index (κ2) is 10.1. The highest BCUT2D eigenvalue weighted by atomic mass is 16.3. The molecule has 0 saturated carbocycles. The van der Waals surface area contributed by atoms with E-state index in [2.05, 4.69) is 144 Å². The highest BCUT2D eigenvalue weighted by Crippen LogP contribution is 2.41. The summed E-state index contributed by atoms with van der Waals surface area (Å²) in [6.07, 6.45) is 0. The third kappa shape index (κ3) is 4.07. The van der Waals surface area contributed by atoms with Crippen molar-refractivity contribution in [2.45, 2.75) is 0 Å². The van der Waals surface area contributed by atoms with Crippen molar-refractivity contribution < 1.29 is 8.83 Å². The fourth-order valence-corrected chi connectivity index (χ4v) is 7.22. The van der Waals surface area contributed by atoms with Gasteiger partial charge >= 0.3 is 0 Å². The van der Waals surface area contributed by atoms with Crippen molar-refractivity contribution in [2.75, 3.05) is 4.90 Å². The van der Waals surface area contributed by atoms with E-state index in [1.807, 2.05) is 24.3 Å². The number of rotatable bonds is 4. The van der Waals surface area contributed by atoms with Crippen LogP contribution in [0.5, 0.6) is 0 Å². The molecular formula is C44H27NO2. The fourth-order valence-electron chi connectivity index (χ4n) is 7.22. The number of hydrogen-bond donors (Lipinski definition) is 0. The minimum Gasteiger partial charge on any atom is -0.456 e. The summed E-state index contributed by atoms with van der Waals surface area (Å²) in [5.74, 6) is 0. The van der Waals surface area contributed by atoms with Crippen molar-refractivity contribution >= 4 is 82.5 Å². The van der Waals surface area contributed by atoms with Crippen molar-refractivity contribution in [3.8, 4) is 11.1 Å². The lowest BCUT2D eigenvalue weighted by Gasteiger charge is -2.25. The zero-order chi connectivity index (χ0) is 30.9. The number of fused-ring (bicyclic) bond motifs is 10. The van der Waals surface area contributed by atoms with Crippen molar-refractivity contribution in [1.29, 1.82) is 0 Å². The van der Waals surface area contributed by atoms with E-state index in [1.54, 1.807) is 0 Å². The summed E-state index contributed by atoms with van der Waals surface area (Å²) in [5, 5.41) is 9.47. The highest BCUT2D eigenvalue weighted by molar-refractivity contribution is 6.27. The number of para-hydroxylation sites is 3. The summed E-state index contributed by atoms with van der Waals surface area (Å²) >= 11 is 0. The molecule has 10 aromatic rings. The number of furan rings is 2. The molecule has 3 heteroatoms. The zero-order valence-electron chi connectivity index (χ0n) is 25.4. The van der Waals surface area contributed by atoms with Crippen molar-refractivity contribution in [3.63, 3.8) is 0 Å². The van der Waals surface area contributed by atoms with Gasteiger partial charge in [-0.25, -0.2) is 0 Å². The predicted molar refractivity (Wildman–Crippen MR) is 196 cm³/mol. The Hall–Kier alpha value is -6.32. The van der Waals surface area contributed by atoms with Gasteiger partial charge in [0.15, 0.2) is 0 Å². The average molecular weight is 602 g/mol. The Bertz CT molecular complexity index is 2790. The zero-order valence-corrected chi connectivity index (χ0v) is 25.4. The van der Waals surface area contributed by atoms with Crippen LogP contribution in [0.2, 0.25) is 0 Å². The molecule has 0 fully saturated rings. The molecule has 2 aromatic heterocycles. The molecule has 0 atom stereocenters. The van der Waals surface area contributed by atoms with Gasteiger partial charge in [-0.2, -0.15) is 0 Å². The van der Waals surface area contributed by atoms with Gasteiger partial charge in [0.2, 0.25) is 0 Å². The van der Waals surface area contributed by atoms with Gasteiger partial charge in [0.05, 0.1) is 0 Å². The lowest BCUT2D eigenvalue weighted by atomic mass is 9.94. The molecule has 0 unspecified atom stereocenters. The first-order valence-corrected chi connectivity index (χ1v) is 15.9. The van der Waals surface area contributed by atoms with Gasteiger partial charge in [-0.3, -0.25) is 0 Å². The van der Waals surface area contributed by atoms with Gasteiger partial charge in [0.25, 0.3) is 0 Å². The van der Waals surface area contributed by atoms with E-state index in [9.17, 15) is 0 Å². The van der Waals surface area contributed by atoms with Crippen molar-refractivity contribution in [2.24, 2.45) is 0 Å². The quantitative estimate of drug-likeness (QED) is 0.188. The second-order valence-electron chi connectivity index (χ2n) is 12.1. The monoisotopic (exact) mass is 601 g/mol. The molecule has 0 aliphatic carbocycles. The lowest BCUT2D eigenvalue weighted by molar-refractivity contribution is 0.668. The van der Waals surface area contributed by atoms with Gasteiger partial charge < -0.3 is 13.7 Å². The molecular weight excluding hydrogens is 574 g/mol. The van der Waals surface area contributed by atoms with Crippen molar-refractivity contribution in [1.82, 2.24) is 0 Å². The number of anilines is 3. The maximum absolute atomic E-state index is 6.27. The van der Waals surface area contributed by atoms with Crippen LogP contribution in [0.3, 0.4) is 0 Å². The largest absolute Gasteiger partial charge is 0.456 e. The van der Waals surface area contributed by atoms with E-state index in [0.717, 1.165) is 61.1 Å². The molecule has 47 heavy (non-hydrogen) atoms. The van der Waals surface area contributed by atoms with Crippen LogP contribution in [0.1, 0.15) is 0 Å². The molecule has 0 saturated heterocycles. The molecule has 0 aliphatic rings. The van der Waals surface area contributed by atoms with Crippen LogP contribution in [-0.2, 0) is 0 Å². The lowest BCUT2D eigenvalue weighted by Crippen LogP contribution is -2.09. The first-order valence-electron chi connectivity index (χ1n) is 15.9. The van der Waals surface area contributed by atoms with E-state index in [4.69, 9.17) is 8.83 Å². The van der Waals surface area contributed by atoms with Gasteiger partial charge in [-0.1, -0.05) is 97.1 Å². The Morgan fingerprint density at radius 3 is 1.77 bits per heavy atom. The molecule has 8 aromatic carbocycles. The maximum Gasteiger partial charge on any atom is 0.137 e. The predicted octanol–water partition coefficient (Wildman–Crippen LogP) is 12.9. The molecule has 0 radical (unpaired) electrons. The normalized spacial score (nSPS) is 11.8. The van der Waals surface area contributed by atoms with Crippen LogP contribution < -0.4 is 4.90 Å². The van der Waals surface area contributed by atoms with Crippen LogP contribution in [0, 0.1) is 0 Å². The number of nitrogens with zero attached hydrogens (tertiary/aromatic N) is 1. The average Bonchev–Trinajstić information content (AvgIpc) is 3.70. The standard InChI is InChI=1S/C44H27NO2/c1-2-8-32(9-3-1)45(34-23-24-36-35-10-4-6-12-39(35)47-42(36)27-34)33-21-18-28(19-22-33)31-17-15-29-14-16-30-20-25-41-44(43(30)38(29)26-31)37-11-5-7-13-40(37)46-41/h1-27H. The Morgan fingerprint density at radius 1 is 0.319 bits per heavy atom. The molecule has 3 nitrogen and oxygen atoms in total. The summed E-state index contributed by atoms with van der Waals surface area (Å²) in [6, 6.07) is 57.9. The third-order valence-corrected chi connectivity index (χ3v) is 9.43. The van der Waals surface area contributed by atoms with Gasteiger partial charge in [0, 0.05) is 50.1 Å². The Labute approximate surface area is 270 Å². The molecule has 0 aliphatic heterocycles. The van der Waals surface area contributed by atoms with Gasteiger partial charge in [-0.05, 0) is 87.9 Å². The first kappa shape index (κ1) is 26.0. The maximum atomic E-state index is 6.27. The fraction of sp³-hybridized carbons (Fsp3) is 0.